The number of unbranched alkanes of at least 4 members (excludes halogenated alkanes) is 47. The predicted octanol–water partition coefficient (Wildman–Crippen LogP) is 23.0. The van der Waals surface area contributed by atoms with Crippen LogP contribution in [0, 0.1) is 0 Å². The van der Waals surface area contributed by atoms with Gasteiger partial charge in [-0.15, -0.1) is 0 Å². The number of aliphatic hydroxyl groups excluding tert-OH is 2. The summed E-state index contributed by atoms with van der Waals surface area (Å²) in [7, 11) is 0. The van der Waals surface area contributed by atoms with Crippen LogP contribution in [0.5, 0.6) is 0 Å². The van der Waals surface area contributed by atoms with Gasteiger partial charge in [-0.1, -0.05) is 338 Å². The SMILES string of the molecule is CCCCC/C=C\C/C=C\CCCCCCCCCCCC(=O)OCC/C=C\C/C=C\CCCCCCCCCCCCCCCCC(=O)NC(CO)C(O)/C=C/CCCCCCCCCCCCCCCCCCCCCCC. The van der Waals surface area contributed by atoms with Crippen LogP contribution in [-0.4, -0.2) is 47.4 Å². The molecule has 0 spiro atoms. The first-order valence-corrected chi connectivity index (χ1v) is 35.6. The summed E-state index contributed by atoms with van der Waals surface area (Å²) in [6.45, 7) is 4.80. The number of rotatable bonds is 66. The normalized spacial score (nSPS) is 12.9. The van der Waals surface area contributed by atoms with Gasteiger partial charge in [0.25, 0.3) is 0 Å². The molecule has 0 aliphatic carbocycles. The second-order valence-corrected chi connectivity index (χ2v) is 24.2. The summed E-state index contributed by atoms with van der Waals surface area (Å²) in [5, 5.41) is 23.3. The van der Waals surface area contributed by atoms with E-state index >= 15 is 0 Å². The largest absolute Gasteiger partial charge is 0.465 e. The summed E-state index contributed by atoms with van der Waals surface area (Å²) in [5.74, 6) is -0.109. The van der Waals surface area contributed by atoms with Crippen molar-refractivity contribution in [2.24, 2.45) is 0 Å². The minimum absolute atomic E-state index is 0.0395. The Morgan fingerprint density at radius 1 is 0.350 bits per heavy atom. The highest BCUT2D eigenvalue weighted by molar-refractivity contribution is 5.76. The van der Waals surface area contributed by atoms with Gasteiger partial charge in [-0.05, 0) is 83.5 Å². The van der Waals surface area contributed by atoms with Crippen LogP contribution in [-0.2, 0) is 14.3 Å². The molecule has 6 heteroatoms. The minimum atomic E-state index is -0.851. The molecule has 0 radical (unpaired) electrons. The Kier molecular flexibility index (Phi) is 66.9. The predicted molar refractivity (Wildman–Crippen MR) is 352 cm³/mol. The van der Waals surface area contributed by atoms with Crippen molar-refractivity contribution in [3.63, 3.8) is 0 Å². The second-order valence-electron chi connectivity index (χ2n) is 24.2. The first-order valence-electron chi connectivity index (χ1n) is 35.6. The number of carbonyl (C=O) groups is 2. The Bertz CT molecular complexity index is 1380. The molecule has 0 rings (SSSR count). The van der Waals surface area contributed by atoms with Gasteiger partial charge in [0, 0.05) is 12.8 Å². The molecule has 0 bridgehead atoms. The van der Waals surface area contributed by atoms with Crippen molar-refractivity contribution in [3.8, 4) is 0 Å². The van der Waals surface area contributed by atoms with E-state index in [-0.39, 0.29) is 18.5 Å². The third kappa shape index (κ3) is 64.7. The molecule has 0 aromatic carbocycles. The Balaban J connectivity index is 3.47. The lowest BCUT2D eigenvalue weighted by Crippen LogP contribution is -2.45. The number of allylic oxidation sites excluding steroid dienone is 8. The molecule has 2 unspecified atom stereocenters. The number of carbonyl (C=O) groups excluding carboxylic acids is 2. The van der Waals surface area contributed by atoms with Gasteiger partial charge in [-0.2, -0.15) is 0 Å². The van der Waals surface area contributed by atoms with Crippen molar-refractivity contribution in [2.45, 2.75) is 386 Å². The number of nitrogens with one attached hydrogen (secondary N) is 1. The van der Waals surface area contributed by atoms with Crippen LogP contribution in [0.4, 0.5) is 0 Å². The molecule has 0 aliphatic heterocycles. The average Bonchev–Trinajstić information content (AvgIpc) is 3.46. The highest BCUT2D eigenvalue weighted by atomic mass is 16.5. The lowest BCUT2D eigenvalue weighted by molar-refractivity contribution is -0.143. The molecule has 0 aliphatic rings. The third-order valence-electron chi connectivity index (χ3n) is 16.3. The van der Waals surface area contributed by atoms with Crippen LogP contribution in [0.25, 0.3) is 0 Å². The Hall–Kier alpha value is -2.44. The Morgan fingerprint density at radius 2 is 0.625 bits per heavy atom. The highest BCUT2D eigenvalue weighted by Crippen LogP contribution is 2.18. The summed E-state index contributed by atoms with van der Waals surface area (Å²) >= 11 is 0. The molecule has 0 heterocycles. The lowest BCUT2D eigenvalue weighted by Gasteiger charge is -2.20. The zero-order chi connectivity index (χ0) is 57.8. The Labute approximate surface area is 499 Å². The van der Waals surface area contributed by atoms with E-state index < -0.39 is 12.1 Å². The maximum Gasteiger partial charge on any atom is 0.305 e. The molecule has 0 saturated carbocycles. The van der Waals surface area contributed by atoms with E-state index in [1.54, 1.807) is 6.08 Å². The fourth-order valence-electron chi connectivity index (χ4n) is 10.9. The molecule has 0 saturated heterocycles. The van der Waals surface area contributed by atoms with E-state index in [1.165, 1.54) is 289 Å². The first kappa shape index (κ1) is 77.6. The molecular weight excluding hydrogens is 983 g/mol. The van der Waals surface area contributed by atoms with E-state index in [1.807, 2.05) is 6.08 Å². The standard InChI is InChI=1S/C74H137NO5/c1-3-5-7-9-11-13-15-17-19-21-23-24-25-27-31-34-38-42-46-50-54-58-62-66-72(77)71(70-76)75-73(78)67-63-59-55-51-47-43-39-35-32-28-26-29-33-37-41-45-49-53-57-61-65-69-80-74(79)68-64-60-56-52-48-44-40-36-30-22-20-18-16-14-12-10-8-6-4-2/h12,14,18,20,45,49,57,61-62,66,71-72,76-77H,3-11,13,15-17,19,21-44,46-48,50-56,58-60,63-65,67-70H2,1-2H3,(H,75,78)/b14-12-,20-18-,49-45-,61-57-,66-62+. The molecule has 80 heavy (non-hydrogen) atoms. The topological polar surface area (TPSA) is 95.9 Å². The summed E-state index contributed by atoms with van der Waals surface area (Å²) in [6, 6.07) is -0.635. The molecule has 0 aromatic rings. The summed E-state index contributed by atoms with van der Waals surface area (Å²) < 4.78 is 5.44. The van der Waals surface area contributed by atoms with Gasteiger partial charge in [0.1, 0.15) is 0 Å². The number of hydrogen-bond acceptors (Lipinski definition) is 5. The first-order chi connectivity index (χ1) is 39.5. The fourth-order valence-corrected chi connectivity index (χ4v) is 10.9. The van der Waals surface area contributed by atoms with Crippen LogP contribution < -0.4 is 5.32 Å². The smallest absolute Gasteiger partial charge is 0.305 e. The molecule has 3 N–H and O–H groups in total. The zero-order valence-electron chi connectivity index (χ0n) is 53.6. The van der Waals surface area contributed by atoms with Gasteiger partial charge in [-0.25, -0.2) is 0 Å². The monoisotopic (exact) mass is 1120 g/mol. The number of amides is 1. The quantitative estimate of drug-likeness (QED) is 0.0320. The summed E-state index contributed by atoms with van der Waals surface area (Å²) in [5.41, 5.74) is 0. The molecule has 468 valence electrons. The van der Waals surface area contributed by atoms with E-state index in [2.05, 4.69) is 67.8 Å². The fraction of sp³-hybridized carbons (Fsp3) is 0.838. The number of aliphatic hydroxyl groups is 2. The Morgan fingerprint density at radius 3 is 0.975 bits per heavy atom. The van der Waals surface area contributed by atoms with E-state index in [9.17, 15) is 19.8 Å². The van der Waals surface area contributed by atoms with Crippen molar-refractivity contribution < 1.29 is 24.5 Å². The van der Waals surface area contributed by atoms with E-state index in [0.29, 0.717) is 19.4 Å². The number of ether oxygens (including phenoxy) is 1. The number of hydrogen-bond donors (Lipinski definition) is 3. The van der Waals surface area contributed by atoms with Gasteiger partial charge < -0.3 is 20.3 Å². The van der Waals surface area contributed by atoms with Gasteiger partial charge in [0.2, 0.25) is 5.91 Å². The number of esters is 1. The van der Waals surface area contributed by atoms with Crippen molar-refractivity contribution in [3.05, 3.63) is 60.8 Å². The second kappa shape index (κ2) is 69.1. The van der Waals surface area contributed by atoms with E-state index in [4.69, 9.17) is 4.74 Å². The van der Waals surface area contributed by atoms with Crippen LogP contribution in [0.1, 0.15) is 373 Å². The van der Waals surface area contributed by atoms with Crippen molar-refractivity contribution in [1.82, 2.24) is 5.32 Å². The van der Waals surface area contributed by atoms with Crippen LogP contribution in [0.2, 0.25) is 0 Å². The molecule has 6 nitrogen and oxygen atoms in total. The van der Waals surface area contributed by atoms with Crippen LogP contribution >= 0.6 is 0 Å². The van der Waals surface area contributed by atoms with Gasteiger partial charge in [0.15, 0.2) is 0 Å². The van der Waals surface area contributed by atoms with Gasteiger partial charge in [-0.3, -0.25) is 9.59 Å². The van der Waals surface area contributed by atoms with Crippen LogP contribution in [0.3, 0.4) is 0 Å². The van der Waals surface area contributed by atoms with Crippen molar-refractivity contribution in [2.75, 3.05) is 13.2 Å². The minimum Gasteiger partial charge on any atom is -0.465 e. The molecule has 0 aromatic heterocycles. The molecular formula is C74H137NO5. The van der Waals surface area contributed by atoms with Gasteiger partial charge >= 0.3 is 5.97 Å². The lowest BCUT2D eigenvalue weighted by atomic mass is 10.0. The maximum atomic E-state index is 12.5. The van der Waals surface area contributed by atoms with Crippen molar-refractivity contribution in [1.29, 1.82) is 0 Å². The van der Waals surface area contributed by atoms with Gasteiger partial charge in [0.05, 0.1) is 25.4 Å². The van der Waals surface area contributed by atoms with Crippen molar-refractivity contribution >= 4 is 11.9 Å². The highest BCUT2D eigenvalue weighted by Gasteiger charge is 2.18. The molecule has 1 amide bonds. The van der Waals surface area contributed by atoms with E-state index in [0.717, 1.165) is 57.8 Å². The summed E-state index contributed by atoms with van der Waals surface area (Å²) in [6.07, 6.45) is 91.6. The zero-order valence-corrected chi connectivity index (χ0v) is 53.6. The maximum absolute atomic E-state index is 12.5. The average molecular weight is 1120 g/mol. The van der Waals surface area contributed by atoms with Crippen LogP contribution in [0.15, 0.2) is 60.8 Å². The molecule has 0 fully saturated rings. The summed E-state index contributed by atoms with van der Waals surface area (Å²) in [4.78, 5) is 24.6. The third-order valence-corrected chi connectivity index (χ3v) is 16.3. The molecule has 2 atom stereocenters.